The van der Waals surface area contributed by atoms with Gasteiger partial charge in [0.15, 0.2) is 0 Å². The molecule has 0 radical (unpaired) electrons. The Morgan fingerprint density at radius 2 is 2.18 bits per heavy atom. The molecular weight excluding hydrogens is 142 g/mol. The van der Waals surface area contributed by atoms with Crippen molar-refractivity contribution < 1.29 is 4.92 Å². The Bertz CT molecular complexity index is 161. The minimum absolute atomic E-state index is 0.468. The molecule has 0 aliphatic rings. The molecule has 0 aromatic rings. The zero-order chi connectivity index (χ0) is 8.53. The molecule has 3 heteroatoms. The van der Waals surface area contributed by atoms with Gasteiger partial charge in [-0.2, -0.15) is 0 Å². The third kappa shape index (κ3) is 8.88. The first kappa shape index (κ1) is 9.88. The van der Waals surface area contributed by atoms with Crippen molar-refractivity contribution in [3.05, 3.63) is 34.5 Å². The summed E-state index contributed by atoms with van der Waals surface area (Å²) < 4.78 is 0. The van der Waals surface area contributed by atoms with Gasteiger partial charge < -0.3 is 0 Å². The van der Waals surface area contributed by atoms with Crippen LogP contribution in [0.15, 0.2) is 24.4 Å². The molecule has 0 aromatic heterocycles. The quantitative estimate of drug-likeness (QED) is 0.265. The molecule has 0 unspecified atom stereocenters. The van der Waals surface area contributed by atoms with Crippen LogP contribution >= 0.6 is 0 Å². The van der Waals surface area contributed by atoms with E-state index in [1.165, 1.54) is 6.08 Å². The highest BCUT2D eigenvalue weighted by molar-refractivity contribution is 4.98. The van der Waals surface area contributed by atoms with Gasteiger partial charge in [-0.3, -0.25) is 10.1 Å². The van der Waals surface area contributed by atoms with Gasteiger partial charge in [-0.1, -0.05) is 31.9 Å². The summed E-state index contributed by atoms with van der Waals surface area (Å²) in [5.74, 6) is 0. The van der Waals surface area contributed by atoms with Gasteiger partial charge in [0.1, 0.15) is 0 Å². The van der Waals surface area contributed by atoms with Crippen LogP contribution in [0.4, 0.5) is 0 Å². The van der Waals surface area contributed by atoms with Crippen molar-refractivity contribution in [1.29, 1.82) is 0 Å². The molecule has 0 saturated heterocycles. The lowest BCUT2D eigenvalue weighted by Crippen LogP contribution is -1.80. The monoisotopic (exact) mass is 155 g/mol. The molecule has 0 fully saturated rings. The smallest absolute Gasteiger partial charge is 0.234 e. The number of hydrogen-bond acceptors (Lipinski definition) is 2. The molecule has 0 heterocycles. The van der Waals surface area contributed by atoms with Gasteiger partial charge in [-0.25, -0.2) is 0 Å². The molecule has 0 atom stereocenters. The molecule has 0 aliphatic heterocycles. The fourth-order valence-corrected chi connectivity index (χ4v) is 0.617. The number of hydrogen-bond donors (Lipinski definition) is 0. The molecule has 0 saturated carbocycles. The average Bonchev–Trinajstić information content (AvgIpc) is 1.96. The van der Waals surface area contributed by atoms with Crippen LogP contribution in [0.25, 0.3) is 0 Å². The maximum atomic E-state index is 9.77. The van der Waals surface area contributed by atoms with Crippen LogP contribution in [0.2, 0.25) is 0 Å². The highest BCUT2D eigenvalue weighted by Crippen LogP contribution is 1.94. The summed E-state index contributed by atoms with van der Waals surface area (Å²) in [6.45, 7) is 2.11. The molecule has 11 heavy (non-hydrogen) atoms. The van der Waals surface area contributed by atoms with Crippen molar-refractivity contribution in [2.24, 2.45) is 0 Å². The number of nitro groups is 1. The normalized spacial score (nSPS) is 11.4. The molecule has 3 nitrogen and oxygen atoms in total. The minimum Gasteiger partial charge on any atom is -0.259 e. The van der Waals surface area contributed by atoms with Crippen LogP contribution in [-0.4, -0.2) is 4.92 Å². The van der Waals surface area contributed by atoms with Crippen LogP contribution in [0, 0.1) is 10.1 Å². The van der Waals surface area contributed by atoms with Gasteiger partial charge in [-0.15, -0.1) is 0 Å². The van der Waals surface area contributed by atoms with Crippen LogP contribution in [0.5, 0.6) is 0 Å². The predicted octanol–water partition coefficient (Wildman–Crippen LogP) is 2.52. The van der Waals surface area contributed by atoms with Gasteiger partial charge >= 0.3 is 0 Å². The topological polar surface area (TPSA) is 43.1 Å². The summed E-state index contributed by atoms with van der Waals surface area (Å²) >= 11 is 0. The average molecular weight is 155 g/mol. The fraction of sp³-hybridized carbons (Fsp3) is 0.500. The summed E-state index contributed by atoms with van der Waals surface area (Å²) in [6.07, 6.45) is 9.31. The zero-order valence-electron chi connectivity index (χ0n) is 6.69. The summed E-state index contributed by atoms with van der Waals surface area (Å²) in [7, 11) is 0. The first-order valence-electron chi connectivity index (χ1n) is 3.74. The van der Waals surface area contributed by atoms with Gasteiger partial charge in [0.25, 0.3) is 0 Å². The Labute approximate surface area is 66.6 Å². The van der Waals surface area contributed by atoms with E-state index in [1.807, 2.05) is 6.08 Å². The first-order chi connectivity index (χ1) is 5.27. The molecule has 0 amide bonds. The maximum Gasteiger partial charge on any atom is 0.234 e. The second kappa shape index (κ2) is 6.99. The van der Waals surface area contributed by atoms with Crippen LogP contribution in [0.1, 0.15) is 26.2 Å². The van der Waals surface area contributed by atoms with Crippen molar-refractivity contribution in [3.63, 3.8) is 0 Å². The molecule has 0 aliphatic carbocycles. The minimum atomic E-state index is -0.468. The van der Waals surface area contributed by atoms with E-state index in [-0.39, 0.29) is 0 Å². The van der Waals surface area contributed by atoms with E-state index in [1.54, 1.807) is 6.08 Å². The van der Waals surface area contributed by atoms with E-state index >= 15 is 0 Å². The van der Waals surface area contributed by atoms with Gasteiger partial charge in [-0.05, 0) is 6.42 Å². The van der Waals surface area contributed by atoms with Crippen molar-refractivity contribution in [3.8, 4) is 0 Å². The molecule has 0 aromatic carbocycles. The Kier molecular flexibility index (Phi) is 6.28. The van der Waals surface area contributed by atoms with E-state index < -0.39 is 4.92 Å². The van der Waals surface area contributed by atoms with Gasteiger partial charge in [0, 0.05) is 6.08 Å². The van der Waals surface area contributed by atoms with Gasteiger partial charge in [0.2, 0.25) is 6.20 Å². The van der Waals surface area contributed by atoms with Crippen LogP contribution in [-0.2, 0) is 0 Å². The van der Waals surface area contributed by atoms with Crippen LogP contribution in [0.3, 0.4) is 0 Å². The van der Waals surface area contributed by atoms with Crippen LogP contribution < -0.4 is 0 Å². The highest BCUT2D eigenvalue weighted by Gasteiger charge is 1.79. The van der Waals surface area contributed by atoms with Crippen molar-refractivity contribution in [2.45, 2.75) is 26.2 Å². The SMILES string of the molecule is CCCC/C=C\C=C\[N+](=O)[O-]. The predicted molar refractivity (Wildman–Crippen MR) is 44.8 cm³/mol. The number of unbranched alkanes of at least 4 members (excludes halogenated alkanes) is 2. The molecule has 0 N–H and O–H groups in total. The maximum absolute atomic E-state index is 9.77. The zero-order valence-corrected chi connectivity index (χ0v) is 6.69. The molecule has 0 spiro atoms. The van der Waals surface area contributed by atoms with E-state index in [0.29, 0.717) is 0 Å². The van der Waals surface area contributed by atoms with Gasteiger partial charge in [0.05, 0.1) is 4.92 Å². The largest absolute Gasteiger partial charge is 0.259 e. The number of rotatable bonds is 5. The summed E-state index contributed by atoms with van der Waals surface area (Å²) in [4.78, 5) is 9.30. The van der Waals surface area contributed by atoms with E-state index in [0.717, 1.165) is 25.5 Å². The second-order valence-corrected chi connectivity index (χ2v) is 2.20. The second-order valence-electron chi connectivity index (χ2n) is 2.20. The summed E-state index contributed by atoms with van der Waals surface area (Å²) in [6, 6.07) is 0. The Balaban J connectivity index is 3.36. The third-order valence-corrected chi connectivity index (χ3v) is 1.18. The number of allylic oxidation sites excluding steroid dienone is 3. The lowest BCUT2D eigenvalue weighted by Gasteiger charge is -1.84. The fourth-order valence-electron chi connectivity index (χ4n) is 0.617. The standard InChI is InChI=1S/C8H13NO2/c1-2-3-4-5-6-7-8-9(10)11/h5-8H,2-4H2,1H3/b6-5-,8-7+. The Hall–Kier alpha value is -1.12. The third-order valence-electron chi connectivity index (χ3n) is 1.18. The van der Waals surface area contributed by atoms with Crippen molar-refractivity contribution in [1.82, 2.24) is 0 Å². The summed E-state index contributed by atoms with van der Waals surface area (Å²) in [5, 5.41) is 9.77. The lowest BCUT2D eigenvalue weighted by molar-refractivity contribution is -0.402. The Morgan fingerprint density at radius 1 is 1.45 bits per heavy atom. The van der Waals surface area contributed by atoms with Crippen molar-refractivity contribution >= 4 is 0 Å². The van der Waals surface area contributed by atoms with Crippen molar-refractivity contribution in [2.75, 3.05) is 0 Å². The summed E-state index contributed by atoms with van der Waals surface area (Å²) in [5.41, 5.74) is 0. The Morgan fingerprint density at radius 3 is 2.73 bits per heavy atom. The van der Waals surface area contributed by atoms with E-state index in [4.69, 9.17) is 0 Å². The molecule has 62 valence electrons. The molecule has 0 rings (SSSR count). The lowest BCUT2D eigenvalue weighted by atomic mass is 10.2. The first-order valence-corrected chi connectivity index (χ1v) is 3.74. The van der Waals surface area contributed by atoms with E-state index in [2.05, 4.69) is 6.92 Å². The highest BCUT2D eigenvalue weighted by atomic mass is 16.6. The molecular formula is C8H13NO2. The van der Waals surface area contributed by atoms with E-state index in [9.17, 15) is 10.1 Å². The molecule has 0 bridgehead atoms. The number of nitrogens with zero attached hydrogens (tertiary/aromatic N) is 1.